The van der Waals surface area contributed by atoms with Crippen molar-refractivity contribution in [1.29, 1.82) is 0 Å². The Labute approximate surface area is 144 Å². The third-order valence-corrected chi connectivity index (χ3v) is 6.06. The van der Waals surface area contributed by atoms with Gasteiger partial charge in [0.05, 0.1) is 23.1 Å². The van der Waals surface area contributed by atoms with E-state index in [1.807, 2.05) is 0 Å². The summed E-state index contributed by atoms with van der Waals surface area (Å²) in [4.78, 5) is 7.21. The van der Waals surface area contributed by atoms with Crippen LogP contribution in [0.5, 0.6) is 0 Å². The van der Waals surface area contributed by atoms with Gasteiger partial charge >= 0.3 is 0 Å². The molecule has 0 aliphatic carbocycles. The van der Waals surface area contributed by atoms with Crippen molar-refractivity contribution in [3.8, 4) is 11.3 Å². The minimum atomic E-state index is 0.0342. The molecule has 0 amide bonds. The molecule has 1 aliphatic heterocycles. The van der Waals surface area contributed by atoms with Crippen molar-refractivity contribution in [3.63, 3.8) is 0 Å². The van der Waals surface area contributed by atoms with Gasteiger partial charge in [0.25, 0.3) is 0 Å². The zero-order valence-electron chi connectivity index (χ0n) is 12.7. The van der Waals surface area contributed by atoms with Crippen LogP contribution in [-0.4, -0.2) is 4.98 Å². The number of nitrogens with zero attached hydrogens (tertiary/aromatic N) is 1. The van der Waals surface area contributed by atoms with Crippen molar-refractivity contribution in [2.45, 2.75) is 29.2 Å². The summed E-state index contributed by atoms with van der Waals surface area (Å²) in [5.41, 5.74) is 10.5. The Morgan fingerprint density at radius 2 is 1.96 bits per heavy atom. The van der Waals surface area contributed by atoms with Crippen LogP contribution in [0, 0.1) is 0 Å². The Kier molecular flexibility index (Phi) is 3.85. The standard InChI is InChI=1S/C18H17N3S2/c1-2-12(19)18-21-15(10-22-18)11-7-8-17-14(9-11)20-13-5-3-4-6-16(13)23-17/h3-10,12,20H,2,19H2,1H3. The first-order valence-electron chi connectivity index (χ1n) is 7.64. The van der Waals surface area contributed by atoms with Crippen LogP contribution in [0.15, 0.2) is 57.6 Å². The second-order valence-corrected chi connectivity index (χ2v) is 7.49. The molecule has 116 valence electrons. The summed E-state index contributed by atoms with van der Waals surface area (Å²) in [6.45, 7) is 2.09. The Hall–Kier alpha value is -1.82. The predicted octanol–water partition coefficient (Wildman–Crippen LogP) is 5.43. The highest BCUT2D eigenvalue weighted by atomic mass is 32.2. The highest BCUT2D eigenvalue weighted by molar-refractivity contribution is 7.99. The highest BCUT2D eigenvalue weighted by Gasteiger charge is 2.17. The van der Waals surface area contributed by atoms with Crippen molar-refractivity contribution in [3.05, 3.63) is 52.9 Å². The van der Waals surface area contributed by atoms with E-state index in [0.717, 1.165) is 34.1 Å². The lowest BCUT2D eigenvalue weighted by atomic mass is 10.1. The third kappa shape index (κ3) is 2.76. The molecule has 5 heteroatoms. The number of hydrogen-bond donors (Lipinski definition) is 2. The lowest BCUT2D eigenvalue weighted by Crippen LogP contribution is -2.07. The van der Waals surface area contributed by atoms with E-state index in [-0.39, 0.29) is 6.04 Å². The molecule has 0 spiro atoms. The number of nitrogens with one attached hydrogen (secondary N) is 1. The summed E-state index contributed by atoms with van der Waals surface area (Å²) in [7, 11) is 0. The summed E-state index contributed by atoms with van der Waals surface area (Å²) in [5.74, 6) is 0. The summed E-state index contributed by atoms with van der Waals surface area (Å²) >= 11 is 3.44. The second-order valence-electron chi connectivity index (χ2n) is 5.52. The average molecular weight is 339 g/mol. The van der Waals surface area contributed by atoms with Crippen molar-refractivity contribution < 1.29 is 0 Å². The van der Waals surface area contributed by atoms with Crippen LogP contribution in [0.2, 0.25) is 0 Å². The average Bonchev–Trinajstić information content (AvgIpc) is 3.09. The Bertz CT molecular complexity index is 857. The van der Waals surface area contributed by atoms with Gasteiger partial charge < -0.3 is 11.1 Å². The third-order valence-electron chi connectivity index (χ3n) is 3.93. The van der Waals surface area contributed by atoms with Gasteiger partial charge in [-0.05, 0) is 30.7 Å². The van der Waals surface area contributed by atoms with Crippen molar-refractivity contribution >= 4 is 34.5 Å². The first-order valence-corrected chi connectivity index (χ1v) is 9.33. The molecule has 3 aromatic rings. The van der Waals surface area contributed by atoms with E-state index in [2.05, 4.69) is 60.1 Å². The molecule has 4 rings (SSSR count). The van der Waals surface area contributed by atoms with Gasteiger partial charge in [-0.3, -0.25) is 0 Å². The number of rotatable bonds is 3. The van der Waals surface area contributed by atoms with Crippen molar-refractivity contribution in [1.82, 2.24) is 4.98 Å². The minimum absolute atomic E-state index is 0.0342. The highest BCUT2D eigenvalue weighted by Crippen LogP contribution is 2.45. The van der Waals surface area contributed by atoms with Gasteiger partial charge in [-0.1, -0.05) is 36.9 Å². The van der Waals surface area contributed by atoms with Gasteiger partial charge in [0.15, 0.2) is 0 Å². The van der Waals surface area contributed by atoms with E-state index in [1.54, 1.807) is 23.1 Å². The topological polar surface area (TPSA) is 50.9 Å². The number of hydrogen-bond acceptors (Lipinski definition) is 5. The molecule has 3 nitrogen and oxygen atoms in total. The van der Waals surface area contributed by atoms with E-state index in [1.165, 1.54) is 9.79 Å². The van der Waals surface area contributed by atoms with Crippen molar-refractivity contribution in [2.75, 3.05) is 5.32 Å². The van der Waals surface area contributed by atoms with Gasteiger partial charge in [0, 0.05) is 20.7 Å². The van der Waals surface area contributed by atoms with Crippen LogP contribution in [0.3, 0.4) is 0 Å². The molecule has 1 atom stereocenters. The maximum atomic E-state index is 6.08. The van der Waals surface area contributed by atoms with E-state index in [9.17, 15) is 0 Å². The molecule has 23 heavy (non-hydrogen) atoms. The maximum absolute atomic E-state index is 6.08. The Morgan fingerprint density at radius 3 is 2.83 bits per heavy atom. The Balaban J connectivity index is 1.67. The second kappa shape index (κ2) is 6.00. The summed E-state index contributed by atoms with van der Waals surface area (Å²) in [6, 6.07) is 14.9. The van der Waals surface area contributed by atoms with Gasteiger partial charge in [0.1, 0.15) is 5.01 Å². The fourth-order valence-corrected chi connectivity index (χ4v) is 4.45. The number of para-hydroxylation sites is 1. The zero-order chi connectivity index (χ0) is 15.8. The van der Waals surface area contributed by atoms with Gasteiger partial charge in [-0.25, -0.2) is 4.98 Å². The number of benzene rings is 2. The van der Waals surface area contributed by atoms with E-state index in [4.69, 9.17) is 10.7 Å². The zero-order valence-corrected chi connectivity index (χ0v) is 14.4. The summed E-state index contributed by atoms with van der Waals surface area (Å²) in [5, 5.41) is 6.62. The predicted molar refractivity (Wildman–Crippen MR) is 98.6 cm³/mol. The van der Waals surface area contributed by atoms with Crippen LogP contribution < -0.4 is 11.1 Å². The first-order chi connectivity index (χ1) is 11.2. The van der Waals surface area contributed by atoms with E-state index < -0.39 is 0 Å². The summed E-state index contributed by atoms with van der Waals surface area (Å²) in [6.07, 6.45) is 0.909. The number of aromatic nitrogens is 1. The molecule has 0 fully saturated rings. The molecule has 0 radical (unpaired) electrons. The molecule has 1 aliphatic rings. The fourth-order valence-electron chi connectivity index (χ4n) is 2.56. The quantitative estimate of drug-likeness (QED) is 0.523. The molecule has 2 aromatic carbocycles. The Morgan fingerprint density at radius 1 is 1.13 bits per heavy atom. The number of anilines is 2. The molecular weight excluding hydrogens is 322 g/mol. The molecule has 0 saturated heterocycles. The molecular formula is C18H17N3S2. The fraction of sp³-hybridized carbons (Fsp3) is 0.167. The van der Waals surface area contributed by atoms with E-state index >= 15 is 0 Å². The number of nitrogens with two attached hydrogens (primary N) is 1. The number of thiazole rings is 1. The molecule has 1 unspecified atom stereocenters. The van der Waals surface area contributed by atoms with Crippen molar-refractivity contribution in [2.24, 2.45) is 5.73 Å². The van der Waals surface area contributed by atoms with E-state index in [0.29, 0.717) is 0 Å². The SMILES string of the molecule is CCC(N)c1nc(-c2ccc3c(c2)Nc2ccccc2S3)cs1. The molecule has 0 saturated carbocycles. The van der Waals surface area contributed by atoms with Crippen LogP contribution in [-0.2, 0) is 0 Å². The van der Waals surface area contributed by atoms with Crippen LogP contribution >= 0.6 is 23.1 Å². The molecule has 2 heterocycles. The van der Waals surface area contributed by atoms with Gasteiger partial charge in [0.2, 0.25) is 0 Å². The first kappa shape index (κ1) is 14.8. The summed E-state index contributed by atoms with van der Waals surface area (Å²) < 4.78 is 0. The van der Waals surface area contributed by atoms with Crippen LogP contribution in [0.1, 0.15) is 24.4 Å². The molecule has 3 N–H and O–H groups in total. The smallest absolute Gasteiger partial charge is 0.110 e. The van der Waals surface area contributed by atoms with Gasteiger partial charge in [-0.2, -0.15) is 0 Å². The molecule has 1 aromatic heterocycles. The number of fused-ring (bicyclic) bond motifs is 2. The van der Waals surface area contributed by atoms with Crippen LogP contribution in [0.25, 0.3) is 11.3 Å². The lowest BCUT2D eigenvalue weighted by molar-refractivity contribution is 0.693. The minimum Gasteiger partial charge on any atom is -0.354 e. The van der Waals surface area contributed by atoms with Crippen LogP contribution in [0.4, 0.5) is 11.4 Å². The lowest BCUT2D eigenvalue weighted by Gasteiger charge is -2.21. The van der Waals surface area contributed by atoms with Gasteiger partial charge in [-0.15, -0.1) is 11.3 Å². The largest absolute Gasteiger partial charge is 0.354 e. The molecule has 0 bridgehead atoms. The normalized spacial score (nSPS) is 13.8. The monoisotopic (exact) mass is 339 g/mol. The maximum Gasteiger partial charge on any atom is 0.110 e.